The standard InChI is InChI=1S/C20H34F2.2H2O.H2/c1-13-3-6-15(7-4-13)16-8-10-17(11-9-16)18-12-5-14(2)19(21)20(18)22;;;/h13-20H,3-12H2,1-2H3;2*1H2;1H. The predicted octanol–water partition coefficient (Wildman–Crippen LogP) is 4.94. The number of hydrogen-bond donors (Lipinski definition) is 0. The molecule has 3 rings (SSSR count). The second kappa shape index (κ2) is 9.47. The first-order valence-corrected chi connectivity index (χ1v) is 9.84. The maximum Gasteiger partial charge on any atom is 0.134 e. The summed E-state index contributed by atoms with van der Waals surface area (Å²) in [7, 11) is 0. The van der Waals surface area contributed by atoms with Crippen molar-refractivity contribution in [3.8, 4) is 0 Å². The zero-order chi connectivity index (χ0) is 15.7. The Hall–Kier alpha value is -0.220. The molecule has 0 aromatic rings. The summed E-state index contributed by atoms with van der Waals surface area (Å²) in [6.07, 6.45) is 9.89. The molecule has 0 spiro atoms. The molecule has 4 N–H and O–H groups in total. The van der Waals surface area contributed by atoms with Crippen molar-refractivity contribution in [3.05, 3.63) is 0 Å². The van der Waals surface area contributed by atoms with E-state index in [-0.39, 0.29) is 24.2 Å². The van der Waals surface area contributed by atoms with Crippen LogP contribution in [0.1, 0.15) is 79.5 Å². The minimum Gasteiger partial charge on any atom is -0.412 e. The van der Waals surface area contributed by atoms with E-state index < -0.39 is 12.3 Å². The van der Waals surface area contributed by atoms with Crippen molar-refractivity contribution in [2.45, 2.75) is 90.4 Å². The molecule has 4 atom stereocenters. The predicted molar refractivity (Wildman–Crippen MR) is 97.6 cm³/mol. The van der Waals surface area contributed by atoms with Crippen molar-refractivity contribution < 1.29 is 21.2 Å². The summed E-state index contributed by atoms with van der Waals surface area (Å²) >= 11 is 0. The maximum absolute atomic E-state index is 14.4. The van der Waals surface area contributed by atoms with E-state index in [9.17, 15) is 8.78 Å². The molecule has 0 heterocycles. The Morgan fingerprint density at radius 1 is 0.583 bits per heavy atom. The first-order chi connectivity index (χ1) is 10.6. The molecule has 3 aliphatic rings. The summed E-state index contributed by atoms with van der Waals surface area (Å²) in [4.78, 5) is 0. The van der Waals surface area contributed by atoms with Crippen LogP contribution in [0.4, 0.5) is 8.78 Å². The topological polar surface area (TPSA) is 63.0 Å². The van der Waals surface area contributed by atoms with Crippen LogP contribution in [0.3, 0.4) is 0 Å². The quantitative estimate of drug-likeness (QED) is 0.677. The second-order valence-electron chi connectivity index (χ2n) is 8.80. The lowest BCUT2D eigenvalue weighted by molar-refractivity contribution is -0.00996. The minimum absolute atomic E-state index is 0. The van der Waals surface area contributed by atoms with Crippen LogP contribution in [0.15, 0.2) is 0 Å². The van der Waals surface area contributed by atoms with Gasteiger partial charge in [0, 0.05) is 1.43 Å². The van der Waals surface area contributed by atoms with Gasteiger partial charge in [-0.2, -0.15) is 0 Å². The molecule has 3 fully saturated rings. The highest BCUT2D eigenvalue weighted by Gasteiger charge is 2.43. The average Bonchev–Trinajstić information content (AvgIpc) is 2.54. The minimum atomic E-state index is -1.21. The van der Waals surface area contributed by atoms with E-state index in [2.05, 4.69) is 6.92 Å². The van der Waals surface area contributed by atoms with Gasteiger partial charge in [0.05, 0.1) is 0 Å². The van der Waals surface area contributed by atoms with Gasteiger partial charge in [-0.25, -0.2) is 8.78 Å². The molecule has 0 amide bonds. The van der Waals surface area contributed by atoms with E-state index >= 15 is 0 Å². The van der Waals surface area contributed by atoms with Gasteiger partial charge in [0.25, 0.3) is 0 Å². The normalized spacial score (nSPS) is 46.5. The van der Waals surface area contributed by atoms with Crippen LogP contribution in [-0.2, 0) is 0 Å². The summed E-state index contributed by atoms with van der Waals surface area (Å²) in [6, 6.07) is 0. The third-order valence-corrected chi connectivity index (χ3v) is 7.36. The van der Waals surface area contributed by atoms with Gasteiger partial charge in [-0.15, -0.1) is 0 Å². The number of alkyl halides is 2. The Bertz CT molecular complexity index is 356. The molecule has 2 nitrogen and oxygen atoms in total. The highest BCUT2D eigenvalue weighted by molar-refractivity contribution is 4.92. The molecule has 0 aromatic heterocycles. The highest BCUT2D eigenvalue weighted by atomic mass is 19.2. The van der Waals surface area contributed by atoms with E-state index in [4.69, 9.17) is 0 Å². The lowest BCUT2D eigenvalue weighted by Crippen LogP contribution is -2.41. The molecule has 4 heteroatoms. The summed E-state index contributed by atoms with van der Waals surface area (Å²) in [6.45, 7) is 4.25. The van der Waals surface area contributed by atoms with Crippen LogP contribution in [0.25, 0.3) is 0 Å². The van der Waals surface area contributed by atoms with E-state index in [1.54, 1.807) is 0 Å². The third-order valence-electron chi connectivity index (χ3n) is 7.36. The monoisotopic (exact) mass is 350 g/mol. The Balaban J connectivity index is 0.00000192. The van der Waals surface area contributed by atoms with Crippen LogP contribution < -0.4 is 0 Å². The number of hydrogen-bond acceptors (Lipinski definition) is 0. The molecule has 146 valence electrons. The molecule has 3 saturated carbocycles. The molecule has 0 aromatic carbocycles. The first-order valence-electron chi connectivity index (χ1n) is 9.84. The summed E-state index contributed by atoms with van der Waals surface area (Å²) in [5.74, 6) is 3.12. The smallest absolute Gasteiger partial charge is 0.134 e. The van der Waals surface area contributed by atoms with Crippen molar-refractivity contribution in [2.75, 3.05) is 0 Å². The van der Waals surface area contributed by atoms with E-state index in [0.717, 1.165) is 43.4 Å². The van der Waals surface area contributed by atoms with Crippen LogP contribution in [-0.4, -0.2) is 23.3 Å². The molecule has 0 bridgehead atoms. The molecular formula is C20H40F2O2. The SMILES string of the molecule is CC1CCC(C2CCC(C3CCC(C)C(F)C3F)CC2)CC1.O.O.[HH]. The van der Waals surface area contributed by atoms with Crippen molar-refractivity contribution in [1.82, 2.24) is 0 Å². The van der Waals surface area contributed by atoms with Gasteiger partial charge in [-0.3, -0.25) is 0 Å². The summed E-state index contributed by atoms with van der Waals surface area (Å²) in [5, 5.41) is 0. The van der Waals surface area contributed by atoms with E-state index in [1.165, 1.54) is 38.5 Å². The van der Waals surface area contributed by atoms with Gasteiger partial charge >= 0.3 is 0 Å². The Morgan fingerprint density at radius 3 is 1.58 bits per heavy atom. The Kier molecular flexibility index (Phi) is 8.61. The second-order valence-corrected chi connectivity index (χ2v) is 8.80. The van der Waals surface area contributed by atoms with Gasteiger partial charge in [-0.1, -0.05) is 26.7 Å². The van der Waals surface area contributed by atoms with Crippen molar-refractivity contribution in [3.63, 3.8) is 0 Å². The average molecular weight is 351 g/mol. The first kappa shape index (κ1) is 21.8. The van der Waals surface area contributed by atoms with E-state index in [1.807, 2.05) is 6.92 Å². The highest BCUT2D eigenvalue weighted by Crippen LogP contribution is 2.46. The van der Waals surface area contributed by atoms with Crippen molar-refractivity contribution in [1.29, 1.82) is 0 Å². The molecule has 3 aliphatic carbocycles. The van der Waals surface area contributed by atoms with Crippen LogP contribution >= 0.6 is 0 Å². The lowest BCUT2D eigenvalue weighted by atomic mass is 9.64. The van der Waals surface area contributed by atoms with Crippen LogP contribution in [0.5, 0.6) is 0 Å². The summed E-state index contributed by atoms with van der Waals surface area (Å²) in [5.41, 5.74) is 0. The van der Waals surface area contributed by atoms with Gasteiger partial charge in [0.2, 0.25) is 0 Å². The zero-order valence-electron chi connectivity index (χ0n) is 15.4. The van der Waals surface area contributed by atoms with Crippen LogP contribution in [0, 0.1) is 35.5 Å². The fourth-order valence-electron chi connectivity index (χ4n) is 5.62. The third kappa shape index (κ3) is 4.69. The van der Waals surface area contributed by atoms with Gasteiger partial charge in [0.15, 0.2) is 0 Å². The molecule has 4 unspecified atom stereocenters. The number of rotatable bonds is 2. The Morgan fingerprint density at radius 2 is 1.04 bits per heavy atom. The largest absolute Gasteiger partial charge is 0.412 e. The van der Waals surface area contributed by atoms with Gasteiger partial charge in [-0.05, 0) is 86.9 Å². The maximum atomic E-state index is 14.4. The van der Waals surface area contributed by atoms with Gasteiger partial charge < -0.3 is 11.0 Å². The van der Waals surface area contributed by atoms with E-state index in [0.29, 0.717) is 5.92 Å². The molecule has 0 radical (unpaired) electrons. The van der Waals surface area contributed by atoms with Gasteiger partial charge in [0.1, 0.15) is 12.3 Å². The molecule has 0 saturated heterocycles. The zero-order valence-corrected chi connectivity index (χ0v) is 15.4. The molecule has 0 aliphatic heterocycles. The fourth-order valence-corrected chi connectivity index (χ4v) is 5.62. The Labute approximate surface area is 147 Å². The van der Waals surface area contributed by atoms with Crippen molar-refractivity contribution in [2.24, 2.45) is 35.5 Å². The van der Waals surface area contributed by atoms with Crippen LogP contribution in [0.2, 0.25) is 0 Å². The summed E-state index contributed by atoms with van der Waals surface area (Å²) < 4.78 is 28.4. The van der Waals surface area contributed by atoms with Crippen molar-refractivity contribution >= 4 is 0 Å². The lowest BCUT2D eigenvalue weighted by Gasteiger charge is -2.42. The molecule has 24 heavy (non-hydrogen) atoms. The molecular weight excluding hydrogens is 310 g/mol. The fraction of sp³-hybridized carbons (Fsp3) is 1.00. The number of halogens is 2.